The SMILES string of the molecule is C=C(/N=C(\C)N(CCC)[C@@H](C)CC)N(CCOC)C(C)C. The molecule has 0 aromatic rings. The lowest BCUT2D eigenvalue weighted by atomic mass is 10.2. The van der Waals surface area contributed by atoms with Gasteiger partial charge in [0.15, 0.2) is 0 Å². The van der Waals surface area contributed by atoms with Crippen LogP contribution in [0.5, 0.6) is 0 Å². The topological polar surface area (TPSA) is 28.1 Å². The van der Waals surface area contributed by atoms with Crippen molar-refractivity contribution in [2.45, 2.75) is 66.5 Å². The van der Waals surface area contributed by atoms with Crippen LogP contribution in [0.2, 0.25) is 0 Å². The van der Waals surface area contributed by atoms with E-state index in [1.54, 1.807) is 7.11 Å². The number of rotatable bonds is 10. The second-order valence-electron chi connectivity index (χ2n) is 5.81. The van der Waals surface area contributed by atoms with Gasteiger partial charge in [-0.25, -0.2) is 4.99 Å². The van der Waals surface area contributed by atoms with Crippen LogP contribution in [0, 0.1) is 0 Å². The fourth-order valence-corrected chi connectivity index (χ4v) is 2.35. The number of methoxy groups -OCH3 is 1. The molecule has 21 heavy (non-hydrogen) atoms. The van der Waals surface area contributed by atoms with Crippen molar-refractivity contribution >= 4 is 5.84 Å². The Morgan fingerprint density at radius 3 is 2.19 bits per heavy atom. The summed E-state index contributed by atoms with van der Waals surface area (Å²) in [5.74, 6) is 1.88. The molecule has 124 valence electrons. The van der Waals surface area contributed by atoms with Crippen LogP contribution in [0.4, 0.5) is 0 Å². The van der Waals surface area contributed by atoms with Gasteiger partial charge in [0, 0.05) is 32.3 Å². The number of nitrogens with zero attached hydrogens (tertiary/aromatic N) is 3. The molecule has 4 nitrogen and oxygen atoms in total. The van der Waals surface area contributed by atoms with Gasteiger partial charge in [-0.3, -0.25) is 0 Å². The fourth-order valence-electron chi connectivity index (χ4n) is 2.35. The van der Waals surface area contributed by atoms with Crippen molar-refractivity contribution in [3.05, 3.63) is 12.4 Å². The molecule has 0 N–H and O–H groups in total. The van der Waals surface area contributed by atoms with Crippen molar-refractivity contribution in [2.24, 2.45) is 4.99 Å². The Hall–Kier alpha value is -1.03. The summed E-state index contributed by atoms with van der Waals surface area (Å²) >= 11 is 0. The molecule has 0 aliphatic rings. The molecule has 0 saturated heterocycles. The standard InChI is InChI=1S/C17H35N3O/c1-9-11-20(15(5)10-2)17(7)18-16(6)19(14(3)4)12-13-21-8/h14-15H,6,9-13H2,1-5,7-8H3/b18-17+/t15-/m0/s1. The van der Waals surface area contributed by atoms with E-state index in [-0.39, 0.29) is 0 Å². The number of ether oxygens (including phenoxy) is 1. The number of hydrogen-bond acceptors (Lipinski definition) is 3. The zero-order valence-corrected chi connectivity index (χ0v) is 15.1. The van der Waals surface area contributed by atoms with Gasteiger partial charge in [0.2, 0.25) is 0 Å². The van der Waals surface area contributed by atoms with Crippen LogP contribution in [0.25, 0.3) is 0 Å². The van der Waals surface area contributed by atoms with Gasteiger partial charge in [0.1, 0.15) is 11.7 Å². The minimum absolute atomic E-state index is 0.368. The molecule has 0 heterocycles. The lowest BCUT2D eigenvalue weighted by Gasteiger charge is -2.32. The molecular formula is C17H35N3O. The molecule has 4 heteroatoms. The third kappa shape index (κ3) is 6.98. The quantitative estimate of drug-likeness (QED) is 0.454. The average molecular weight is 297 g/mol. The maximum atomic E-state index is 5.18. The predicted octanol–water partition coefficient (Wildman–Crippen LogP) is 3.74. The first-order valence-electron chi connectivity index (χ1n) is 8.15. The molecule has 0 radical (unpaired) electrons. The Kier molecular flexibility index (Phi) is 10.1. The largest absolute Gasteiger partial charge is 0.383 e. The van der Waals surface area contributed by atoms with Crippen LogP contribution in [-0.2, 0) is 4.74 Å². The van der Waals surface area contributed by atoms with Gasteiger partial charge in [0.05, 0.1) is 6.61 Å². The van der Waals surface area contributed by atoms with Gasteiger partial charge in [0.25, 0.3) is 0 Å². The highest BCUT2D eigenvalue weighted by Gasteiger charge is 2.15. The van der Waals surface area contributed by atoms with Gasteiger partial charge in [-0.15, -0.1) is 0 Å². The third-order valence-electron chi connectivity index (χ3n) is 3.79. The Labute approximate surface area is 131 Å². The molecule has 0 rings (SSSR count). The first-order valence-corrected chi connectivity index (χ1v) is 8.15. The summed E-state index contributed by atoms with van der Waals surface area (Å²) in [6.07, 6.45) is 2.25. The van der Waals surface area contributed by atoms with Crippen molar-refractivity contribution in [3.8, 4) is 0 Å². The molecule has 0 aromatic heterocycles. The van der Waals surface area contributed by atoms with Crippen molar-refractivity contribution < 1.29 is 4.74 Å². The predicted molar refractivity (Wildman–Crippen MR) is 92.7 cm³/mol. The van der Waals surface area contributed by atoms with E-state index in [4.69, 9.17) is 9.73 Å². The molecule has 1 atom stereocenters. The van der Waals surface area contributed by atoms with Gasteiger partial charge in [-0.2, -0.15) is 0 Å². The summed E-state index contributed by atoms with van der Waals surface area (Å²) in [4.78, 5) is 9.32. The monoisotopic (exact) mass is 297 g/mol. The molecule has 0 amide bonds. The third-order valence-corrected chi connectivity index (χ3v) is 3.79. The molecule has 0 aliphatic heterocycles. The fraction of sp³-hybridized carbons (Fsp3) is 0.824. The lowest BCUT2D eigenvalue weighted by Crippen LogP contribution is -2.38. The lowest BCUT2D eigenvalue weighted by molar-refractivity contribution is 0.150. The summed E-state index contributed by atoms with van der Waals surface area (Å²) in [7, 11) is 1.72. The highest BCUT2D eigenvalue weighted by Crippen LogP contribution is 2.12. The summed E-state index contributed by atoms with van der Waals surface area (Å²) in [5.41, 5.74) is 0. The normalized spacial score (nSPS) is 13.4. The molecule has 0 bridgehead atoms. The number of aliphatic imine (C=N–C) groups is 1. The minimum Gasteiger partial charge on any atom is -0.383 e. The molecule has 0 unspecified atom stereocenters. The molecular weight excluding hydrogens is 262 g/mol. The van der Waals surface area contributed by atoms with Gasteiger partial charge in [-0.05, 0) is 40.5 Å². The summed E-state index contributed by atoms with van der Waals surface area (Å²) in [6, 6.07) is 0.875. The maximum Gasteiger partial charge on any atom is 0.123 e. The van der Waals surface area contributed by atoms with Crippen LogP contribution >= 0.6 is 0 Å². The van der Waals surface area contributed by atoms with Crippen LogP contribution in [0.1, 0.15) is 54.4 Å². The van der Waals surface area contributed by atoms with Gasteiger partial charge >= 0.3 is 0 Å². The Bertz CT molecular complexity index is 326. The van der Waals surface area contributed by atoms with E-state index < -0.39 is 0 Å². The number of hydrogen-bond donors (Lipinski definition) is 0. The smallest absolute Gasteiger partial charge is 0.123 e. The Morgan fingerprint density at radius 2 is 1.76 bits per heavy atom. The Morgan fingerprint density at radius 1 is 1.14 bits per heavy atom. The Balaban J connectivity index is 5.00. The van der Waals surface area contributed by atoms with Crippen molar-refractivity contribution in [3.63, 3.8) is 0 Å². The average Bonchev–Trinajstić information content (AvgIpc) is 2.43. The molecule has 0 aliphatic carbocycles. The van der Waals surface area contributed by atoms with E-state index in [0.717, 1.165) is 37.6 Å². The van der Waals surface area contributed by atoms with E-state index >= 15 is 0 Å². The first kappa shape index (κ1) is 20.0. The van der Waals surface area contributed by atoms with Crippen LogP contribution < -0.4 is 0 Å². The minimum atomic E-state index is 0.368. The summed E-state index contributed by atoms with van der Waals surface area (Å²) in [6.45, 7) is 19.8. The van der Waals surface area contributed by atoms with E-state index in [1.165, 1.54) is 0 Å². The van der Waals surface area contributed by atoms with Crippen molar-refractivity contribution in [2.75, 3.05) is 26.8 Å². The van der Waals surface area contributed by atoms with Crippen LogP contribution in [-0.4, -0.2) is 54.5 Å². The van der Waals surface area contributed by atoms with Crippen molar-refractivity contribution in [1.82, 2.24) is 9.80 Å². The molecule has 0 fully saturated rings. The first-order chi connectivity index (χ1) is 9.88. The highest BCUT2D eigenvalue weighted by atomic mass is 16.5. The second-order valence-corrected chi connectivity index (χ2v) is 5.81. The van der Waals surface area contributed by atoms with Crippen LogP contribution in [0.15, 0.2) is 17.4 Å². The molecule has 0 saturated carbocycles. The second kappa shape index (κ2) is 10.7. The highest BCUT2D eigenvalue weighted by molar-refractivity contribution is 5.80. The van der Waals surface area contributed by atoms with E-state index in [2.05, 4.69) is 57.9 Å². The van der Waals surface area contributed by atoms with E-state index in [1.807, 2.05) is 0 Å². The zero-order chi connectivity index (χ0) is 16.4. The molecule has 0 aromatic carbocycles. The van der Waals surface area contributed by atoms with E-state index in [0.29, 0.717) is 18.7 Å². The molecule has 0 spiro atoms. The maximum absolute atomic E-state index is 5.18. The summed E-state index contributed by atoms with van der Waals surface area (Å²) < 4.78 is 5.18. The number of amidine groups is 1. The van der Waals surface area contributed by atoms with Gasteiger partial charge in [-0.1, -0.05) is 20.4 Å². The van der Waals surface area contributed by atoms with Gasteiger partial charge < -0.3 is 14.5 Å². The zero-order valence-electron chi connectivity index (χ0n) is 15.1. The van der Waals surface area contributed by atoms with Crippen molar-refractivity contribution in [1.29, 1.82) is 0 Å². The summed E-state index contributed by atoms with van der Waals surface area (Å²) in [5, 5.41) is 0. The van der Waals surface area contributed by atoms with Crippen LogP contribution in [0.3, 0.4) is 0 Å². The van der Waals surface area contributed by atoms with E-state index in [9.17, 15) is 0 Å².